The molecule has 0 amide bonds. The minimum Gasteiger partial charge on any atom is -0.396 e. The summed E-state index contributed by atoms with van der Waals surface area (Å²) in [6, 6.07) is 8.65. The summed E-state index contributed by atoms with van der Waals surface area (Å²) in [5, 5.41) is 9.04. The third kappa shape index (κ3) is 3.72. The van der Waals surface area contributed by atoms with Crippen molar-refractivity contribution in [3.8, 4) is 22.4 Å². The van der Waals surface area contributed by atoms with Crippen LogP contribution in [0.1, 0.15) is 13.3 Å². The molecule has 0 saturated heterocycles. The molecule has 0 aliphatic heterocycles. The van der Waals surface area contributed by atoms with Crippen molar-refractivity contribution in [3.05, 3.63) is 69.1 Å². The summed E-state index contributed by atoms with van der Waals surface area (Å²) in [7, 11) is 0. The Hall–Kier alpha value is -3.26. The molecule has 0 saturated carbocycles. The second-order valence-corrected chi connectivity index (χ2v) is 6.28. The maximum absolute atomic E-state index is 13.8. The first kappa shape index (κ1) is 19.5. The molecule has 7 nitrogen and oxygen atoms in total. The molecule has 8 heteroatoms. The number of pyridine rings is 1. The van der Waals surface area contributed by atoms with E-state index < -0.39 is 5.82 Å². The predicted octanol–water partition coefficient (Wildman–Crippen LogP) is 1.86. The van der Waals surface area contributed by atoms with Gasteiger partial charge in [0.1, 0.15) is 5.82 Å². The number of hydrogen-bond acceptors (Lipinski definition) is 5. The third-order valence-electron chi connectivity index (χ3n) is 4.44. The maximum atomic E-state index is 13.8. The number of nitrogens with zero attached hydrogens (tertiary/aromatic N) is 3. The van der Waals surface area contributed by atoms with Crippen LogP contribution in [0.25, 0.3) is 22.4 Å². The molecule has 0 fully saturated rings. The average molecular weight is 384 g/mol. The number of aromatic nitrogens is 3. The Labute approximate surface area is 160 Å². The average Bonchev–Trinajstić information content (AvgIpc) is 2.67. The van der Waals surface area contributed by atoms with Gasteiger partial charge in [0.15, 0.2) is 0 Å². The maximum Gasteiger partial charge on any atom is 0.263 e. The number of aryl methyl sites for hydroxylation is 1. The molecule has 0 spiro atoms. The van der Waals surface area contributed by atoms with Gasteiger partial charge in [0.2, 0.25) is 5.95 Å². The lowest BCUT2D eigenvalue weighted by atomic mass is 10.0. The van der Waals surface area contributed by atoms with E-state index in [9.17, 15) is 14.0 Å². The number of nitrogen functional groups attached to an aromatic ring is 1. The van der Waals surface area contributed by atoms with Crippen LogP contribution in [0.2, 0.25) is 0 Å². The zero-order valence-electron chi connectivity index (χ0n) is 15.4. The van der Waals surface area contributed by atoms with E-state index in [2.05, 4.69) is 4.98 Å². The summed E-state index contributed by atoms with van der Waals surface area (Å²) < 4.78 is 16.5. The lowest BCUT2D eigenvalue weighted by molar-refractivity contribution is 0.279. The molecule has 0 aliphatic rings. The van der Waals surface area contributed by atoms with Crippen molar-refractivity contribution in [2.75, 3.05) is 12.3 Å². The van der Waals surface area contributed by atoms with Gasteiger partial charge < -0.3 is 15.4 Å². The highest BCUT2D eigenvalue weighted by atomic mass is 19.1. The third-order valence-corrected chi connectivity index (χ3v) is 4.44. The monoisotopic (exact) mass is 384 g/mol. The first-order chi connectivity index (χ1) is 13.5. The highest BCUT2D eigenvalue weighted by Crippen LogP contribution is 2.28. The van der Waals surface area contributed by atoms with E-state index >= 15 is 0 Å². The Bertz CT molecular complexity index is 1120. The van der Waals surface area contributed by atoms with Gasteiger partial charge >= 0.3 is 0 Å². The Morgan fingerprint density at radius 1 is 1.18 bits per heavy atom. The van der Waals surface area contributed by atoms with Gasteiger partial charge in [-0.1, -0.05) is 12.1 Å². The van der Waals surface area contributed by atoms with Crippen molar-refractivity contribution in [2.45, 2.75) is 26.4 Å². The van der Waals surface area contributed by atoms with Crippen molar-refractivity contribution in [3.63, 3.8) is 0 Å². The Balaban J connectivity index is 2.30. The molecular weight excluding hydrogens is 363 g/mol. The molecule has 0 atom stereocenters. The van der Waals surface area contributed by atoms with Gasteiger partial charge in [0.05, 0.1) is 11.3 Å². The summed E-state index contributed by atoms with van der Waals surface area (Å²) in [6.07, 6.45) is 1.95. The van der Waals surface area contributed by atoms with Crippen LogP contribution >= 0.6 is 0 Å². The van der Waals surface area contributed by atoms with Crippen LogP contribution in [0.4, 0.5) is 10.3 Å². The highest BCUT2D eigenvalue weighted by molar-refractivity contribution is 5.80. The summed E-state index contributed by atoms with van der Waals surface area (Å²) >= 11 is 0. The number of hydrogen-bond donors (Lipinski definition) is 2. The molecule has 1 aromatic carbocycles. The molecule has 2 aromatic heterocycles. The number of halogens is 1. The van der Waals surface area contributed by atoms with Crippen LogP contribution < -0.4 is 16.9 Å². The molecule has 3 rings (SSSR count). The first-order valence-corrected chi connectivity index (χ1v) is 8.94. The number of aliphatic hydroxyl groups is 1. The van der Waals surface area contributed by atoms with Gasteiger partial charge in [0.25, 0.3) is 11.1 Å². The smallest absolute Gasteiger partial charge is 0.263 e. The zero-order chi connectivity index (χ0) is 20.3. The molecule has 2 heterocycles. The molecule has 146 valence electrons. The standard InChI is InChI=1S/C20H21FN4O3/c1-2-25-19(28)17(14-7-8-16(27)24(12-14)9-4-10-26)18(23-20(25)22)13-5-3-6-15(21)11-13/h3,5-8,11-12,26H,2,4,9-10H2,1H3,(H2,22,23). The SMILES string of the molecule is CCn1c(N)nc(-c2cccc(F)c2)c(-c2ccc(=O)n(CCCO)c2)c1=O. The Kier molecular flexibility index (Phi) is 5.70. The Morgan fingerprint density at radius 3 is 2.64 bits per heavy atom. The van der Waals surface area contributed by atoms with Gasteiger partial charge in [-0.15, -0.1) is 0 Å². The van der Waals surface area contributed by atoms with Crippen LogP contribution in [0, 0.1) is 5.82 Å². The molecular formula is C20H21FN4O3. The topological polar surface area (TPSA) is 103 Å². The molecule has 3 aromatic rings. The van der Waals surface area contributed by atoms with Crippen molar-refractivity contribution < 1.29 is 9.50 Å². The lowest BCUT2D eigenvalue weighted by Gasteiger charge is -2.15. The Morgan fingerprint density at radius 2 is 1.96 bits per heavy atom. The predicted molar refractivity (Wildman–Crippen MR) is 105 cm³/mol. The fourth-order valence-corrected chi connectivity index (χ4v) is 3.08. The fourth-order valence-electron chi connectivity index (χ4n) is 3.08. The largest absolute Gasteiger partial charge is 0.396 e. The van der Waals surface area contributed by atoms with Crippen LogP contribution in [0.3, 0.4) is 0 Å². The van der Waals surface area contributed by atoms with E-state index in [4.69, 9.17) is 10.8 Å². The van der Waals surface area contributed by atoms with Crippen molar-refractivity contribution in [2.24, 2.45) is 0 Å². The second-order valence-electron chi connectivity index (χ2n) is 6.28. The fraction of sp³-hybridized carbons (Fsp3) is 0.250. The molecule has 3 N–H and O–H groups in total. The van der Waals surface area contributed by atoms with Crippen LogP contribution in [0.5, 0.6) is 0 Å². The lowest BCUT2D eigenvalue weighted by Crippen LogP contribution is -2.27. The molecule has 0 unspecified atom stereocenters. The van der Waals surface area contributed by atoms with Crippen molar-refractivity contribution in [1.82, 2.24) is 14.1 Å². The normalized spacial score (nSPS) is 11.0. The minimum atomic E-state index is -0.462. The van der Waals surface area contributed by atoms with Crippen molar-refractivity contribution >= 4 is 5.95 Å². The number of benzene rings is 1. The van der Waals surface area contributed by atoms with E-state index in [1.165, 1.54) is 39.5 Å². The van der Waals surface area contributed by atoms with Gasteiger partial charge in [-0.2, -0.15) is 0 Å². The molecule has 0 aliphatic carbocycles. The van der Waals surface area contributed by atoms with E-state index in [0.29, 0.717) is 30.6 Å². The molecule has 0 bridgehead atoms. The zero-order valence-corrected chi connectivity index (χ0v) is 15.4. The highest BCUT2D eigenvalue weighted by Gasteiger charge is 2.19. The van der Waals surface area contributed by atoms with Gasteiger partial charge in [-0.25, -0.2) is 9.37 Å². The van der Waals surface area contributed by atoms with Crippen LogP contribution in [-0.4, -0.2) is 25.8 Å². The van der Waals surface area contributed by atoms with E-state index in [-0.39, 0.29) is 34.9 Å². The van der Waals surface area contributed by atoms with E-state index in [1.54, 1.807) is 19.2 Å². The molecule has 0 radical (unpaired) electrons. The van der Waals surface area contributed by atoms with E-state index in [0.717, 1.165) is 0 Å². The van der Waals surface area contributed by atoms with Gasteiger partial charge in [-0.05, 0) is 31.5 Å². The summed E-state index contributed by atoms with van der Waals surface area (Å²) in [4.78, 5) is 29.6. The van der Waals surface area contributed by atoms with Gasteiger partial charge in [0, 0.05) is 43.1 Å². The number of rotatable bonds is 6. The summed E-state index contributed by atoms with van der Waals surface area (Å²) in [5.41, 5.74) is 6.70. The summed E-state index contributed by atoms with van der Waals surface area (Å²) in [6.45, 7) is 2.34. The van der Waals surface area contributed by atoms with Crippen LogP contribution in [-0.2, 0) is 13.1 Å². The number of aliphatic hydroxyl groups excluding tert-OH is 1. The van der Waals surface area contributed by atoms with E-state index in [1.807, 2.05) is 0 Å². The van der Waals surface area contributed by atoms with Crippen molar-refractivity contribution in [1.29, 1.82) is 0 Å². The first-order valence-electron chi connectivity index (χ1n) is 8.94. The molecule has 28 heavy (non-hydrogen) atoms. The second kappa shape index (κ2) is 8.18. The number of anilines is 1. The van der Waals surface area contributed by atoms with Gasteiger partial charge in [-0.3, -0.25) is 14.2 Å². The summed E-state index contributed by atoms with van der Waals surface area (Å²) in [5.74, 6) is -0.430. The number of nitrogens with two attached hydrogens (primary N) is 1. The minimum absolute atomic E-state index is 0.0316. The quantitative estimate of drug-likeness (QED) is 0.675. The van der Waals surface area contributed by atoms with Crippen LogP contribution in [0.15, 0.2) is 52.2 Å².